The molecule has 1 heterocycles. The number of hydrogen-bond donors (Lipinski definition) is 1. The van der Waals surface area contributed by atoms with Crippen LogP contribution in [-0.4, -0.2) is 10.8 Å². The molecule has 1 N–H and O–H groups in total. The Morgan fingerprint density at radius 2 is 1.80 bits per heavy atom. The molecule has 1 unspecified atom stereocenters. The first-order valence-electron chi connectivity index (χ1n) is 8.12. The van der Waals surface area contributed by atoms with Gasteiger partial charge < -0.3 is 5.32 Å². The molecule has 3 rings (SSSR count). The molecule has 3 aromatic rings. The maximum absolute atomic E-state index is 13.0. The zero-order chi connectivity index (χ0) is 17.8. The second kappa shape index (κ2) is 7.26. The van der Waals surface area contributed by atoms with Gasteiger partial charge in [-0.3, -0.25) is 4.79 Å². The number of nitrogens with zero attached hydrogens (tertiary/aromatic N) is 1. The zero-order valence-electron chi connectivity index (χ0n) is 14.2. The molecule has 0 saturated carbocycles. The lowest BCUT2D eigenvalue weighted by Crippen LogP contribution is -2.07. The fourth-order valence-electron chi connectivity index (χ4n) is 2.62. The van der Waals surface area contributed by atoms with Crippen LogP contribution >= 0.6 is 0 Å². The zero-order valence-corrected chi connectivity index (χ0v) is 14.2. The van der Waals surface area contributed by atoms with Gasteiger partial charge in [-0.05, 0) is 55.3 Å². The van der Waals surface area contributed by atoms with Crippen molar-refractivity contribution >= 4 is 11.6 Å². The van der Waals surface area contributed by atoms with Crippen molar-refractivity contribution in [3.8, 4) is 11.1 Å². The molecule has 1 aromatic heterocycles. The number of ketones is 1. The monoisotopic (exact) mass is 334 g/mol. The lowest BCUT2D eigenvalue weighted by atomic mass is 10.0. The normalized spacial score (nSPS) is 11.8. The van der Waals surface area contributed by atoms with Gasteiger partial charge in [-0.2, -0.15) is 0 Å². The maximum atomic E-state index is 13.0. The average Bonchev–Trinajstić information content (AvgIpc) is 2.63. The molecule has 4 heteroatoms. The Morgan fingerprint density at radius 3 is 2.44 bits per heavy atom. The van der Waals surface area contributed by atoms with E-state index < -0.39 is 0 Å². The molecule has 25 heavy (non-hydrogen) atoms. The van der Waals surface area contributed by atoms with Crippen molar-refractivity contribution in [3.05, 3.63) is 83.8 Å². The Balaban J connectivity index is 1.75. The minimum atomic E-state index is -0.244. The number of carbonyl (C=O) groups excluding carboxylic acids is 1. The van der Waals surface area contributed by atoms with Crippen molar-refractivity contribution < 1.29 is 9.18 Å². The standard InChI is InChI=1S/C21H19FN2O/c1-14(16-6-9-20(22)10-7-16)24-21-11-8-19(13-23-21)18-5-3-4-17(12-18)15(2)25/h3-14H,1-2H3,(H,23,24). The van der Waals surface area contributed by atoms with Crippen LogP contribution in [0.4, 0.5) is 10.2 Å². The van der Waals surface area contributed by atoms with Gasteiger partial charge in [0.15, 0.2) is 5.78 Å². The molecule has 0 aliphatic heterocycles. The van der Waals surface area contributed by atoms with Crippen LogP contribution in [0.15, 0.2) is 66.9 Å². The summed E-state index contributed by atoms with van der Waals surface area (Å²) in [7, 11) is 0. The van der Waals surface area contributed by atoms with Crippen molar-refractivity contribution in [2.24, 2.45) is 0 Å². The van der Waals surface area contributed by atoms with E-state index in [4.69, 9.17) is 0 Å². The number of carbonyl (C=O) groups is 1. The first-order chi connectivity index (χ1) is 12.0. The largest absolute Gasteiger partial charge is 0.364 e. The Morgan fingerprint density at radius 1 is 1.04 bits per heavy atom. The topological polar surface area (TPSA) is 42.0 Å². The summed E-state index contributed by atoms with van der Waals surface area (Å²) in [5.74, 6) is 0.538. The smallest absolute Gasteiger partial charge is 0.159 e. The molecular formula is C21H19FN2O. The van der Waals surface area contributed by atoms with Gasteiger partial charge in [0.1, 0.15) is 11.6 Å². The second-order valence-corrected chi connectivity index (χ2v) is 5.99. The van der Waals surface area contributed by atoms with E-state index in [2.05, 4.69) is 10.3 Å². The molecule has 0 radical (unpaired) electrons. The molecule has 2 aromatic carbocycles. The molecule has 126 valence electrons. The van der Waals surface area contributed by atoms with Crippen LogP contribution < -0.4 is 5.32 Å². The Labute approximate surface area is 146 Å². The first kappa shape index (κ1) is 16.8. The minimum Gasteiger partial charge on any atom is -0.364 e. The summed E-state index contributed by atoms with van der Waals surface area (Å²) < 4.78 is 13.0. The molecule has 0 saturated heterocycles. The quantitative estimate of drug-likeness (QED) is 0.647. The van der Waals surface area contributed by atoms with E-state index >= 15 is 0 Å². The molecular weight excluding hydrogens is 315 g/mol. The van der Waals surface area contributed by atoms with Gasteiger partial charge in [-0.15, -0.1) is 0 Å². The molecule has 0 aliphatic carbocycles. The van der Waals surface area contributed by atoms with E-state index in [9.17, 15) is 9.18 Å². The summed E-state index contributed by atoms with van der Waals surface area (Å²) in [6, 6.07) is 17.8. The van der Waals surface area contributed by atoms with Crippen molar-refractivity contribution in [1.29, 1.82) is 0 Å². The number of rotatable bonds is 5. The lowest BCUT2D eigenvalue weighted by Gasteiger charge is -2.15. The number of hydrogen-bond acceptors (Lipinski definition) is 3. The fraction of sp³-hybridized carbons (Fsp3) is 0.143. The molecule has 0 fully saturated rings. The van der Waals surface area contributed by atoms with Gasteiger partial charge in [-0.25, -0.2) is 9.37 Å². The van der Waals surface area contributed by atoms with E-state index in [0.717, 1.165) is 22.5 Å². The van der Waals surface area contributed by atoms with Crippen LogP contribution in [-0.2, 0) is 0 Å². The maximum Gasteiger partial charge on any atom is 0.159 e. The van der Waals surface area contributed by atoms with Gasteiger partial charge in [-0.1, -0.05) is 30.3 Å². The molecule has 3 nitrogen and oxygen atoms in total. The van der Waals surface area contributed by atoms with E-state index in [1.807, 2.05) is 37.3 Å². The summed E-state index contributed by atoms with van der Waals surface area (Å²) in [6.07, 6.45) is 1.78. The average molecular weight is 334 g/mol. The predicted molar refractivity (Wildman–Crippen MR) is 98.1 cm³/mol. The third-order valence-corrected chi connectivity index (χ3v) is 4.10. The number of halogens is 1. The van der Waals surface area contributed by atoms with Crippen molar-refractivity contribution in [2.45, 2.75) is 19.9 Å². The summed E-state index contributed by atoms with van der Waals surface area (Å²) in [6.45, 7) is 3.56. The highest BCUT2D eigenvalue weighted by Crippen LogP contribution is 2.23. The van der Waals surface area contributed by atoms with Crippen LogP contribution in [0.1, 0.15) is 35.8 Å². The molecule has 0 bridgehead atoms. The Hall–Kier alpha value is -3.01. The van der Waals surface area contributed by atoms with Crippen LogP contribution in [0.5, 0.6) is 0 Å². The molecule has 0 aliphatic rings. The van der Waals surface area contributed by atoms with E-state index in [1.165, 1.54) is 12.1 Å². The van der Waals surface area contributed by atoms with Crippen LogP contribution in [0.3, 0.4) is 0 Å². The predicted octanol–water partition coefficient (Wildman–Crippen LogP) is 5.26. The molecule has 1 atom stereocenters. The summed E-state index contributed by atoms with van der Waals surface area (Å²) in [5.41, 5.74) is 3.58. The Bertz CT molecular complexity index is 873. The SMILES string of the molecule is CC(=O)c1cccc(-c2ccc(NC(C)c3ccc(F)cc3)nc2)c1. The number of anilines is 1. The number of nitrogens with one attached hydrogen (secondary N) is 1. The van der Waals surface area contributed by atoms with E-state index in [0.29, 0.717) is 5.56 Å². The van der Waals surface area contributed by atoms with Gasteiger partial charge in [0.05, 0.1) is 0 Å². The number of Topliss-reactive ketones (excluding diaryl/α,β-unsaturated/α-hetero) is 1. The van der Waals surface area contributed by atoms with Gasteiger partial charge in [0.25, 0.3) is 0 Å². The van der Waals surface area contributed by atoms with Crippen LogP contribution in [0.25, 0.3) is 11.1 Å². The molecule has 0 amide bonds. The van der Waals surface area contributed by atoms with E-state index in [1.54, 1.807) is 31.3 Å². The number of benzene rings is 2. The van der Waals surface area contributed by atoms with Gasteiger partial charge in [0.2, 0.25) is 0 Å². The third kappa shape index (κ3) is 4.10. The summed E-state index contributed by atoms with van der Waals surface area (Å²) in [5, 5.41) is 3.30. The van der Waals surface area contributed by atoms with Crippen molar-refractivity contribution in [1.82, 2.24) is 4.98 Å². The lowest BCUT2D eigenvalue weighted by molar-refractivity contribution is 0.101. The highest BCUT2D eigenvalue weighted by Gasteiger charge is 2.07. The van der Waals surface area contributed by atoms with Gasteiger partial charge in [0, 0.05) is 23.4 Å². The fourth-order valence-corrected chi connectivity index (χ4v) is 2.62. The Kier molecular flexibility index (Phi) is 4.89. The van der Waals surface area contributed by atoms with E-state index in [-0.39, 0.29) is 17.6 Å². The van der Waals surface area contributed by atoms with Gasteiger partial charge >= 0.3 is 0 Å². The third-order valence-electron chi connectivity index (χ3n) is 4.10. The van der Waals surface area contributed by atoms with Crippen molar-refractivity contribution in [2.75, 3.05) is 5.32 Å². The summed E-state index contributed by atoms with van der Waals surface area (Å²) in [4.78, 5) is 16.0. The van der Waals surface area contributed by atoms with Crippen LogP contribution in [0.2, 0.25) is 0 Å². The highest BCUT2D eigenvalue weighted by atomic mass is 19.1. The van der Waals surface area contributed by atoms with Crippen LogP contribution in [0, 0.1) is 5.82 Å². The highest BCUT2D eigenvalue weighted by molar-refractivity contribution is 5.95. The number of aromatic nitrogens is 1. The number of pyridine rings is 1. The van der Waals surface area contributed by atoms with Crippen molar-refractivity contribution in [3.63, 3.8) is 0 Å². The summed E-state index contributed by atoms with van der Waals surface area (Å²) >= 11 is 0. The second-order valence-electron chi connectivity index (χ2n) is 5.99. The molecule has 0 spiro atoms. The first-order valence-corrected chi connectivity index (χ1v) is 8.12. The minimum absolute atomic E-state index is 0.0139.